The second-order valence-corrected chi connectivity index (χ2v) is 6.05. The van der Waals surface area contributed by atoms with Gasteiger partial charge in [-0.15, -0.1) is 0 Å². The molecule has 3 rings (SSSR count). The number of para-hydroxylation sites is 1. The van der Waals surface area contributed by atoms with E-state index in [2.05, 4.69) is 11.4 Å². The molecule has 1 N–H and O–H groups in total. The molecule has 3 aromatic carbocycles. The first-order valence-corrected chi connectivity index (χ1v) is 8.76. The van der Waals surface area contributed by atoms with Crippen LogP contribution in [0.5, 0.6) is 11.5 Å². The molecular formula is C22H23NO3. The molecule has 0 bridgehead atoms. The van der Waals surface area contributed by atoms with Crippen LogP contribution in [0.1, 0.15) is 18.9 Å². The van der Waals surface area contributed by atoms with E-state index < -0.39 is 6.10 Å². The van der Waals surface area contributed by atoms with Gasteiger partial charge in [0.05, 0.1) is 7.11 Å². The summed E-state index contributed by atoms with van der Waals surface area (Å²) in [7, 11) is 1.62. The first-order chi connectivity index (χ1) is 12.7. The molecule has 1 atom stereocenters. The Bertz CT molecular complexity index is 891. The number of amides is 1. The second-order valence-electron chi connectivity index (χ2n) is 6.05. The monoisotopic (exact) mass is 349 g/mol. The van der Waals surface area contributed by atoms with Crippen LogP contribution in [0.4, 0.5) is 0 Å². The van der Waals surface area contributed by atoms with Gasteiger partial charge in [0.2, 0.25) is 0 Å². The summed E-state index contributed by atoms with van der Waals surface area (Å²) in [5.41, 5.74) is 0.934. The number of nitrogens with one attached hydrogen (secondary N) is 1. The van der Waals surface area contributed by atoms with Crippen molar-refractivity contribution in [1.29, 1.82) is 0 Å². The number of hydrogen-bond donors (Lipinski definition) is 1. The van der Waals surface area contributed by atoms with Crippen molar-refractivity contribution >= 4 is 16.7 Å². The molecule has 3 aromatic rings. The molecule has 4 nitrogen and oxygen atoms in total. The summed E-state index contributed by atoms with van der Waals surface area (Å²) < 4.78 is 11.3. The smallest absolute Gasteiger partial charge is 0.261 e. The molecule has 0 aliphatic heterocycles. The number of carbonyl (C=O) groups excluding carboxylic acids is 1. The zero-order valence-electron chi connectivity index (χ0n) is 15.1. The van der Waals surface area contributed by atoms with Gasteiger partial charge >= 0.3 is 0 Å². The Balaban J connectivity index is 1.66. The average Bonchev–Trinajstić information content (AvgIpc) is 2.70. The highest BCUT2D eigenvalue weighted by molar-refractivity contribution is 5.84. The standard InChI is InChI=1S/C22H23NO3/c1-3-20(22(24)23-15-18-10-6-7-11-21(18)25-2)26-19-13-12-16-8-4-5-9-17(16)14-19/h4-14,20H,3,15H2,1-2H3,(H,23,24)/t20-/m0/s1. The molecule has 1 amide bonds. The van der Waals surface area contributed by atoms with E-state index in [1.807, 2.05) is 67.6 Å². The summed E-state index contributed by atoms with van der Waals surface area (Å²) in [6.07, 6.45) is 0.0516. The summed E-state index contributed by atoms with van der Waals surface area (Å²) in [6.45, 7) is 2.34. The van der Waals surface area contributed by atoms with E-state index in [0.717, 1.165) is 22.1 Å². The largest absolute Gasteiger partial charge is 0.496 e. The van der Waals surface area contributed by atoms with Crippen LogP contribution in [0.2, 0.25) is 0 Å². The summed E-state index contributed by atoms with van der Waals surface area (Å²) in [5, 5.41) is 5.18. The summed E-state index contributed by atoms with van der Waals surface area (Å²) in [5.74, 6) is 1.32. The Hall–Kier alpha value is -3.01. The van der Waals surface area contributed by atoms with Gasteiger partial charge in [-0.05, 0) is 35.4 Å². The van der Waals surface area contributed by atoms with Crippen molar-refractivity contribution in [2.24, 2.45) is 0 Å². The van der Waals surface area contributed by atoms with Crippen molar-refractivity contribution in [3.05, 3.63) is 72.3 Å². The van der Waals surface area contributed by atoms with Gasteiger partial charge in [-0.1, -0.05) is 55.5 Å². The number of hydrogen-bond acceptors (Lipinski definition) is 3. The summed E-state index contributed by atoms with van der Waals surface area (Å²) in [6, 6.07) is 21.6. The van der Waals surface area contributed by atoms with Crippen LogP contribution < -0.4 is 14.8 Å². The lowest BCUT2D eigenvalue weighted by atomic mass is 10.1. The highest BCUT2D eigenvalue weighted by Crippen LogP contribution is 2.22. The molecule has 0 aliphatic carbocycles. The predicted molar refractivity (Wildman–Crippen MR) is 103 cm³/mol. The van der Waals surface area contributed by atoms with Crippen LogP contribution in [0.15, 0.2) is 66.7 Å². The third-order valence-electron chi connectivity index (χ3n) is 4.31. The normalized spacial score (nSPS) is 11.8. The molecule has 0 saturated carbocycles. The molecule has 0 radical (unpaired) electrons. The molecule has 4 heteroatoms. The maximum absolute atomic E-state index is 12.5. The quantitative estimate of drug-likeness (QED) is 0.691. The van der Waals surface area contributed by atoms with Crippen LogP contribution in [-0.2, 0) is 11.3 Å². The lowest BCUT2D eigenvalue weighted by Crippen LogP contribution is -2.37. The van der Waals surface area contributed by atoms with E-state index in [9.17, 15) is 4.79 Å². The molecule has 134 valence electrons. The van der Waals surface area contributed by atoms with Crippen molar-refractivity contribution in [2.75, 3.05) is 7.11 Å². The molecule has 26 heavy (non-hydrogen) atoms. The molecule has 0 fully saturated rings. The maximum atomic E-state index is 12.5. The molecule has 0 saturated heterocycles. The van der Waals surface area contributed by atoms with Crippen LogP contribution in [0, 0.1) is 0 Å². The number of ether oxygens (including phenoxy) is 2. The van der Waals surface area contributed by atoms with Gasteiger partial charge in [0.15, 0.2) is 6.10 Å². The highest BCUT2D eigenvalue weighted by Gasteiger charge is 2.18. The van der Waals surface area contributed by atoms with E-state index >= 15 is 0 Å². The lowest BCUT2D eigenvalue weighted by Gasteiger charge is -2.18. The number of methoxy groups -OCH3 is 1. The first kappa shape index (κ1) is 17.8. The van der Waals surface area contributed by atoms with E-state index in [1.165, 1.54) is 0 Å². The Morgan fingerprint density at radius 1 is 1.00 bits per heavy atom. The van der Waals surface area contributed by atoms with E-state index in [0.29, 0.717) is 18.7 Å². The Kier molecular flexibility index (Phi) is 5.74. The van der Waals surface area contributed by atoms with Crippen LogP contribution >= 0.6 is 0 Å². The average molecular weight is 349 g/mol. The number of carbonyl (C=O) groups is 1. The molecular weight excluding hydrogens is 326 g/mol. The van der Waals surface area contributed by atoms with Crippen molar-refractivity contribution < 1.29 is 14.3 Å². The molecule has 0 aromatic heterocycles. The van der Waals surface area contributed by atoms with Gasteiger partial charge < -0.3 is 14.8 Å². The third kappa shape index (κ3) is 4.14. The topological polar surface area (TPSA) is 47.6 Å². The van der Waals surface area contributed by atoms with E-state index in [4.69, 9.17) is 9.47 Å². The van der Waals surface area contributed by atoms with Crippen molar-refractivity contribution in [1.82, 2.24) is 5.32 Å². The fourth-order valence-electron chi connectivity index (χ4n) is 2.87. The van der Waals surface area contributed by atoms with Gasteiger partial charge in [0.25, 0.3) is 5.91 Å². The third-order valence-corrected chi connectivity index (χ3v) is 4.31. The molecule has 0 aliphatic rings. The van der Waals surface area contributed by atoms with Crippen LogP contribution in [0.25, 0.3) is 10.8 Å². The van der Waals surface area contributed by atoms with Crippen molar-refractivity contribution in [3.63, 3.8) is 0 Å². The van der Waals surface area contributed by atoms with Crippen molar-refractivity contribution in [3.8, 4) is 11.5 Å². The van der Waals surface area contributed by atoms with Gasteiger partial charge in [0.1, 0.15) is 11.5 Å². The fraction of sp³-hybridized carbons (Fsp3) is 0.227. The summed E-state index contributed by atoms with van der Waals surface area (Å²) >= 11 is 0. The Morgan fingerprint density at radius 2 is 1.73 bits per heavy atom. The number of rotatable bonds is 7. The Morgan fingerprint density at radius 3 is 2.50 bits per heavy atom. The van der Waals surface area contributed by atoms with Crippen molar-refractivity contribution in [2.45, 2.75) is 26.0 Å². The second kappa shape index (κ2) is 8.39. The van der Waals surface area contributed by atoms with Gasteiger partial charge in [-0.3, -0.25) is 4.79 Å². The Labute approximate surface area is 153 Å². The van der Waals surface area contributed by atoms with Gasteiger partial charge in [0, 0.05) is 12.1 Å². The predicted octanol–water partition coefficient (Wildman–Crippen LogP) is 4.32. The SMILES string of the molecule is CC[C@H](Oc1ccc2ccccc2c1)C(=O)NCc1ccccc1OC. The van der Waals surface area contributed by atoms with Crippen LogP contribution in [-0.4, -0.2) is 19.1 Å². The fourth-order valence-corrected chi connectivity index (χ4v) is 2.87. The zero-order chi connectivity index (χ0) is 18.4. The van der Waals surface area contributed by atoms with E-state index in [-0.39, 0.29) is 5.91 Å². The number of fused-ring (bicyclic) bond motifs is 1. The minimum Gasteiger partial charge on any atom is -0.496 e. The minimum absolute atomic E-state index is 0.133. The van der Waals surface area contributed by atoms with Gasteiger partial charge in [-0.2, -0.15) is 0 Å². The maximum Gasteiger partial charge on any atom is 0.261 e. The van der Waals surface area contributed by atoms with Gasteiger partial charge in [-0.25, -0.2) is 0 Å². The molecule has 0 unspecified atom stereocenters. The molecule has 0 heterocycles. The summed E-state index contributed by atoms with van der Waals surface area (Å²) in [4.78, 5) is 12.5. The lowest BCUT2D eigenvalue weighted by molar-refractivity contribution is -0.128. The molecule has 0 spiro atoms. The van der Waals surface area contributed by atoms with E-state index in [1.54, 1.807) is 7.11 Å². The number of benzene rings is 3. The highest BCUT2D eigenvalue weighted by atomic mass is 16.5. The zero-order valence-corrected chi connectivity index (χ0v) is 15.1. The minimum atomic E-state index is -0.536. The first-order valence-electron chi connectivity index (χ1n) is 8.76. The van der Waals surface area contributed by atoms with Crippen LogP contribution in [0.3, 0.4) is 0 Å².